The Balaban J connectivity index is 2.36. The molecule has 0 aromatic heterocycles. The van der Waals surface area contributed by atoms with E-state index in [4.69, 9.17) is 5.11 Å². The lowest BCUT2D eigenvalue weighted by Gasteiger charge is -2.33. The molecule has 9 heteroatoms. The average Bonchev–Trinajstić information content (AvgIpc) is 2.41. The van der Waals surface area contributed by atoms with E-state index in [0.717, 1.165) is 10.4 Å². The van der Waals surface area contributed by atoms with Gasteiger partial charge in [0.25, 0.3) is 0 Å². The van der Waals surface area contributed by atoms with Crippen LogP contribution in [0, 0.1) is 17.6 Å². The molecule has 21 heavy (non-hydrogen) atoms. The topological polar surface area (TPSA) is 94.9 Å². The molecule has 0 saturated carbocycles. The number of carboxylic acids is 1. The molecule has 0 radical (unpaired) electrons. The summed E-state index contributed by atoms with van der Waals surface area (Å²) in [4.78, 5) is 10.1. The number of piperidine rings is 1. The van der Waals surface area contributed by atoms with Crippen molar-refractivity contribution in [3.05, 3.63) is 29.8 Å². The largest absolute Gasteiger partial charge is 0.481 e. The maximum atomic E-state index is 13.6. The predicted octanol–water partition coefficient (Wildman–Crippen LogP) is 0.421. The number of benzene rings is 1. The van der Waals surface area contributed by atoms with Gasteiger partial charge in [0.2, 0.25) is 10.0 Å². The molecule has 0 unspecified atom stereocenters. The summed E-state index contributed by atoms with van der Waals surface area (Å²) in [5.74, 6) is -4.68. The van der Waals surface area contributed by atoms with Gasteiger partial charge >= 0.3 is 5.97 Å². The van der Waals surface area contributed by atoms with E-state index < -0.39 is 51.1 Å². The van der Waals surface area contributed by atoms with Gasteiger partial charge in [-0.2, -0.15) is 4.31 Å². The Morgan fingerprint density at radius 2 is 2.00 bits per heavy atom. The fourth-order valence-corrected chi connectivity index (χ4v) is 3.74. The van der Waals surface area contributed by atoms with Crippen LogP contribution in [0.4, 0.5) is 8.78 Å². The fraction of sp³-hybridized carbons (Fsp3) is 0.417. The third kappa shape index (κ3) is 3.04. The number of aliphatic hydroxyl groups excluding tert-OH is 1. The smallest absolute Gasteiger partial charge is 0.310 e. The number of hydrogen-bond donors (Lipinski definition) is 2. The zero-order valence-electron chi connectivity index (χ0n) is 10.7. The Kier molecular flexibility index (Phi) is 4.26. The predicted molar refractivity (Wildman–Crippen MR) is 66.9 cm³/mol. The van der Waals surface area contributed by atoms with Gasteiger partial charge in [-0.05, 0) is 24.6 Å². The number of aliphatic carboxylic acids is 1. The zero-order valence-corrected chi connectivity index (χ0v) is 11.6. The SMILES string of the molecule is O=C(O)[C@H]1CN(S(=O)(=O)c2cc(F)ccc2F)CC[C@@H]1O. The summed E-state index contributed by atoms with van der Waals surface area (Å²) in [5.41, 5.74) is 0. The van der Waals surface area contributed by atoms with Gasteiger partial charge in [0.05, 0.1) is 12.0 Å². The molecule has 1 heterocycles. The van der Waals surface area contributed by atoms with Gasteiger partial charge in [0, 0.05) is 13.1 Å². The molecule has 0 spiro atoms. The molecule has 6 nitrogen and oxygen atoms in total. The Hall–Kier alpha value is -1.58. The summed E-state index contributed by atoms with van der Waals surface area (Å²) >= 11 is 0. The van der Waals surface area contributed by atoms with Crippen molar-refractivity contribution in [2.75, 3.05) is 13.1 Å². The van der Waals surface area contributed by atoms with E-state index in [0.29, 0.717) is 12.1 Å². The third-order valence-electron chi connectivity index (χ3n) is 3.37. The third-order valence-corrected chi connectivity index (χ3v) is 5.25. The molecule has 1 fully saturated rings. The molecule has 1 saturated heterocycles. The molecule has 2 rings (SSSR count). The Morgan fingerprint density at radius 1 is 1.33 bits per heavy atom. The summed E-state index contributed by atoms with van der Waals surface area (Å²) in [6.45, 7) is -0.655. The van der Waals surface area contributed by atoms with Crippen molar-refractivity contribution < 1.29 is 32.2 Å². The van der Waals surface area contributed by atoms with E-state index in [1.807, 2.05) is 0 Å². The number of aliphatic hydroxyl groups is 1. The van der Waals surface area contributed by atoms with Crippen LogP contribution in [-0.4, -0.2) is 48.1 Å². The lowest BCUT2D eigenvalue weighted by Crippen LogP contribution is -2.48. The number of carbonyl (C=O) groups is 1. The molecule has 2 atom stereocenters. The van der Waals surface area contributed by atoms with E-state index in [-0.39, 0.29) is 13.0 Å². The highest BCUT2D eigenvalue weighted by molar-refractivity contribution is 7.89. The Labute approximate surface area is 119 Å². The highest BCUT2D eigenvalue weighted by atomic mass is 32.2. The number of nitrogens with zero attached hydrogens (tertiary/aromatic N) is 1. The van der Waals surface area contributed by atoms with Gasteiger partial charge in [-0.3, -0.25) is 4.79 Å². The van der Waals surface area contributed by atoms with Crippen LogP contribution < -0.4 is 0 Å². The van der Waals surface area contributed by atoms with Crippen LogP contribution in [0.2, 0.25) is 0 Å². The first kappa shape index (κ1) is 15.8. The van der Waals surface area contributed by atoms with Crippen LogP contribution in [0.15, 0.2) is 23.1 Å². The quantitative estimate of drug-likeness (QED) is 0.841. The van der Waals surface area contributed by atoms with Gasteiger partial charge in [-0.1, -0.05) is 0 Å². The standard InChI is InChI=1S/C12H13F2NO5S/c13-7-1-2-9(14)11(5-7)21(19,20)15-4-3-10(16)8(6-15)12(17)18/h1-2,5,8,10,16H,3-4,6H2,(H,17,18)/t8-,10-/m0/s1. The highest BCUT2D eigenvalue weighted by Gasteiger charge is 2.39. The van der Waals surface area contributed by atoms with E-state index in [1.165, 1.54) is 0 Å². The maximum absolute atomic E-state index is 13.6. The molecule has 1 aromatic rings. The molecule has 0 amide bonds. The molecule has 116 valence electrons. The fourth-order valence-electron chi connectivity index (χ4n) is 2.18. The van der Waals surface area contributed by atoms with E-state index in [9.17, 15) is 27.1 Å². The number of rotatable bonds is 3. The minimum atomic E-state index is -4.36. The zero-order chi connectivity index (χ0) is 15.8. The maximum Gasteiger partial charge on any atom is 0.310 e. The molecule has 1 aromatic carbocycles. The number of hydrogen-bond acceptors (Lipinski definition) is 4. The molecular weight excluding hydrogens is 308 g/mol. The van der Waals surface area contributed by atoms with Crippen LogP contribution >= 0.6 is 0 Å². The number of carboxylic acid groups (broad SMARTS) is 1. The summed E-state index contributed by atoms with van der Waals surface area (Å²) in [6, 6.07) is 2.02. The molecule has 1 aliphatic heterocycles. The average molecular weight is 321 g/mol. The van der Waals surface area contributed by atoms with Crippen molar-refractivity contribution in [3.8, 4) is 0 Å². The first-order valence-corrected chi connectivity index (χ1v) is 7.53. The Bertz CT molecular complexity index is 664. The minimum absolute atomic E-state index is 0.0901. The second-order valence-corrected chi connectivity index (χ2v) is 6.64. The van der Waals surface area contributed by atoms with Crippen molar-refractivity contribution in [2.45, 2.75) is 17.4 Å². The second-order valence-electron chi connectivity index (χ2n) is 4.74. The van der Waals surface area contributed by atoms with Gasteiger partial charge in [-0.15, -0.1) is 0 Å². The lowest BCUT2D eigenvalue weighted by molar-refractivity contribution is -0.147. The normalized spacial score (nSPS) is 24.0. The second kappa shape index (κ2) is 5.66. The van der Waals surface area contributed by atoms with E-state index in [1.54, 1.807) is 0 Å². The van der Waals surface area contributed by atoms with Crippen LogP contribution in [0.25, 0.3) is 0 Å². The highest BCUT2D eigenvalue weighted by Crippen LogP contribution is 2.26. The van der Waals surface area contributed by atoms with Crippen LogP contribution in [-0.2, 0) is 14.8 Å². The first-order chi connectivity index (χ1) is 9.73. The van der Waals surface area contributed by atoms with Crippen molar-refractivity contribution in [1.82, 2.24) is 4.31 Å². The molecule has 2 N–H and O–H groups in total. The molecule has 0 bridgehead atoms. The molecule has 1 aliphatic rings. The molecule has 0 aliphatic carbocycles. The first-order valence-electron chi connectivity index (χ1n) is 6.09. The van der Waals surface area contributed by atoms with Crippen molar-refractivity contribution in [3.63, 3.8) is 0 Å². The van der Waals surface area contributed by atoms with Crippen LogP contribution in [0.5, 0.6) is 0 Å². The van der Waals surface area contributed by atoms with E-state index in [2.05, 4.69) is 0 Å². The van der Waals surface area contributed by atoms with Gasteiger partial charge in [-0.25, -0.2) is 17.2 Å². The summed E-state index contributed by atoms with van der Waals surface area (Å²) < 4.78 is 52.0. The Morgan fingerprint density at radius 3 is 2.62 bits per heavy atom. The summed E-state index contributed by atoms with van der Waals surface area (Å²) in [5, 5.41) is 18.5. The van der Waals surface area contributed by atoms with Crippen molar-refractivity contribution in [2.24, 2.45) is 5.92 Å². The molecular formula is C12H13F2NO5S. The van der Waals surface area contributed by atoms with Crippen molar-refractivity contribution in [1.29, 1.82) is 0 Å². The van der Waals surface area contributed by atoms with Gasteiger partial charge in [0.15, 0.2) is 0 Å². The minimum Gasteiger partial charge on any atom is -0.481 e. The monoisotopic (exact) mass is 321 g/mol. The van der Waals surface area contributed by atoms with Crippen molar-refractivity contribution >= 4 is 16.0 Å². The number of halogens is 2. The van der Waals surface area contributed by atoms with Gasteiger partial charge < -0.3 is 10.2 Å². The number of sulfonamides is 1. The van der Waals surface area contributed by atoms with Crippen LogP contribution in [0.3, 0.4) is 0 Å². The lowest BCUT2D eigenvalue weighted by atomic mass is 9.96. The summed E-state index contributed by atoms with van der Waals surface area (Å²) in [7, 11) is -4.36. The van der Waals surface area contributed by atoms with Crippen LogP contribution in [0.1, 0.15) is 6.42 Å². The summed E-state index contributed by atoms with van der Waals surface area (Å²) in [6.07, 6.45) is -1.26. The van der Waals surface area contributed by atoms with Gasteiger partial charge in [0.1, 0.15) is 16.5 Å². The van der Waals surface area contributed by atoms with E-state index >= 15 is 0 Å².